The van der Waals surface area contributed by atoms with E-state index >= 15 is 0 Å². The van der Waals surface area contributed by atoms with Gasteiger partial charge in [-0.05, 0) is 121 Å². The molecule has 0 heterocycles. The Labute approximate surface area is 202 Å². The maximum atomic E-state index is 10.3. The first-order valence-electron chi connectivity index (χ1n) is 14.1. The van der Waals surface area contributed by atoms with Crippen LogP contribution in [-0.4, -0.2) is 22.1 Å². The highest BCUT2D eigenvalue weighted by atomic mass is 16.4. The molecule has 4 fully saturated rings. The van der Waals surface area contributed by atoms with Crippen LogP contribution in [0.25, 0.3) is 0 Å². The van der Waals surface area contributed by atoms with Crippen molar-refractivity contribution in [1.82, 2.24) is 0 Å². The third kappa shape index (κ3) is 3.34. The molecule has 0 amide bonds. The van der Waals surface area contributed by atoms with E-state index in [1.165, 1.54) is 32.1 Å². The molecule has 33 heavy (non-hydrogen) atoms. The van der Waals surface area contributed by atoms with Gasteiger partial charge in [0.25, 0.3) is 0 Å². The van der Waals surface area contributed by atoms with Gasteiger partial charge in [0.2, 0.25) is 0 Å². The van der Waals surface area contributed by atoms with Crippen molar-refractivity contribution in [3.63, 3.8) is 0 Å². The van der Waals surface area contributed by atoms with Gasteiger partial charge in [-0.25, -0.2) is 0 Å². The number of rotatable bonds is 4. The Morgan fingerprint density at radius 1 is 0.939 bits per heavy atom. The Bertz CT molecular complexity index is 846. The maximum absolute atomic E-state index is 10.3. The molecule has 0 unspecified atom stereocenters. The molecule has 3 heteroatoms. The first-order chi connectivity index (χ1) is 15.5. The molecule has 0 aromatic carbocycles. The Morgan fingerprint density at radius 2 is 1.67 bits per heavy atom. The fourth-order valence-electron chi connectivity index (χ4n) is 10.3. The summed E-state index contributed by atoms with van der Waals surface area (Å²) in [5.74, 6) is 6.16. The molecule has 186 valence electrons. The zero-order valence-electron chi connectivity index (χ0n) is 22.3. The van der Waals surface area contributed by atoms with Gasteiger partial charge in [0.15, 0.2) is 0 Å². The van der Waals surface area contributed by atoms with Gasteiger partial charge in [0.1, 0.15) is 0 Å². The van der Waals surface area contributed by atoms with Crippen LogP contribution in [0.15, 0.2) is 16.8 Å². The lowest BCUT2D eigenvalue weighted by Crippen LogP contribution is -2.53. The minimum Gasteiger partial charge on any atom is -0.411 e. The van der Waals surface area contributed by atoms with E-state index in [0.717, 1.165) is 66.1 Å². The van der Waals surface area contributed by atoms with Crippen molar-refractivity contribution in [1.29, 1.82) is 0 Å². The number of aliphatic hydroxyl groups excluding tert-OH is 1. The molecular weight excluding hydrogens is 406 g/mol. The highest BCUT2D eigenvalue weighted by Crippen LogP contribution is 2.71. The number of oxime groups is 1. The third-order valence-corrected chi connectivity index (χ3v) is 12.8. The predicted molar refractivity (Wildman–Crippen MR) is 135 cm³/mol. The van der Waals surface area contributed by atoms with E-state index in [4.69, 9.17) is 0 Å². The molecule has 5 aliphatic carbocycles. The zero-order valence-corrected chi connectivity index (χ0v) is 22.3. The lowest BCUT2D eigenvalue weighted by atomic mass is 9.46. The van der Waals surface area contributed by atoms with E-state index in [1.54, 1.807) is 0 Å². The molecule has 4 saturated carbocycles. The Balaban J connectivity index is 1.40. The van der Waals surface area contributed by atoms with Crippen LogP contribution in [0.5, 0.6) is 0 Å². The Hall–Kier alpha value is -0.830. The van der Waals surface area contributed by atoms with Crippen LogP contribution in [0.1, 0.15) is 99.8 Å². The van der Waals surface area contributed by atoms with Gasteiger partial charge in [0, 0.05) is 0 Å². The van der Waals surface area contributed by atoms with Crippen LogP contribution in [0.2, 0.25) is 0 Å². The van der Waals surface area contributed by atoms with Crippen LogP contribution in [0, 0.1) is 63.6 Å². The van der Waals surface area contributed by atoms with Crippen molar-refractivity contribution in [3.05, 3.63) is 11.6 Å². The highest BCUT2D eigenvalue weighted by Gasteiger charge is 2.64. The minimum absolute atomic E-state index is 0.0660. The van der Waals surface area contributed by atoms with Gasteiger partial charge in [-0.2, -0.15) is 0 Å². The fraction of sp³-hybridized carbons (Fsp3) is 0.900. The molecule has 0 aliphatic heterocycles. The molecule has 0 bridgehead atoms. The predicted octanol–water partition coefficient (Wildman–Crippen LogP) is 7.32. The fourth-order valence-corrected chi connectivity index (χ4v) is 10.3. The molecular formula is C30H49NO2. The van der Waals surface area contributed by atoms with Gasteiger partial charge in [-0.1, -0.05) is 59.7 Å². The molecule has 3 nitrogen and oxygen atoms in total. The number of aliphatic hydroxyl groups is 1. The SMILES string of the molecule is CC(C)[C@H](C)[C@@]1(C)C[C@@H]1[C@@H](C)[C@H]1CC[C@H]2[C@@H]3C/C(=N\O)C4=C[C@@H](O)CC[C@]4(C)[C@H]3CC[C@]12C. The second-order valence-electron chi connectivity index (χ2n) is 14.2. The summed E-state index contributed by atoms with van der Waals surface area (Å²) in [6.45, 7) is 17.5. The molecule has 0 saturated heterocycles. The summed E-state index contributed by atoms with van der Waals surface area (Å²) in [4.78, 5) is 0. The van der Waals surface area contributed by atoms with Crippen LogP contribution >= 0.6 is 0 Å². The largest absolute Gasteiger partial charge is 0.411 e. The quantitative estimate of drug-likeness (QED) is 0.344. The molecule has 5 rings (SSSR count). The van der Waals surface area contributed by atoms with Gasteiger partial charge in [-0.15, -0.1) is 0 Å². The van der Waals surface area contributed by atoms with Crippen molar-refractivity contribution in [2.24, 2.45) is 68.7 Å². The van der Waals surface area contributed by atoms with E-state index in [1.807, 2.05) is 6.08 Å². The molecule has 0 aromatic heterocycles. The van der Waals surface area contributed by atoms with Crippen LogP contribution < -0.4 is 0 Å². The topological polar surface area (TPSA) is 52.8 Å². The van der Waals surface area contributed by atoms with Crippen molar-refractivity contribution >= 4 is 5.71 Å². The monoisotopic (exact) mass is 455 g/mol. The number of allylic oxidation sites excluding steroid dienone is 1. The van der Waals surface area contributed by atoms with Crippen molar-refractivity contribution in [2.45, 2.75) is 106 Å². The van der Waals surface area contributed by atoms with Crippen LogP contribution in [-0.2, 0) is 0 Å². The molecule has 5 aliphatic rings. The first kappa shape index (κ1) is 23.9. The van der Waals surface area contributed by atoms with E-state index in [9.17, 15) is 10.3 Å². The van der Waals surface area contributed by atoms with Crippen molar-refractivity contribution in [3.8, 4) is 0 Å². The number of fused-ring (bicyclic) bond motifs is 5. The van der Waals surface area contributed by atoms with Gasteiger partial charge in [-0.3, -0.25) is 0 Å². The van der Waals surface area contributed by atoms with Crippen molar-refractivity contribution in [2.75, 3.05) is 0 Å². The van der Waals surface area contributed by atoms with E-state index < -0.39 is 0 Å². The maximum Gasteiger partial charge on any atom is 0.0833 e. The number of nitrogens with zero attached hydrogens (tertiary/aromatic N) is 1. The number of hydrogen-bond acceptors (Lipinski definition) is 3. The smallest absolute Gasteiger partial charge is 0.0833 e. The minimum atomic E-state index is -0.381. The van der Waals surface area contributed by atoms with Crippen LogP contribution in [0.4, 0.5) is 0 Å². The van der Waals surface area contributed by atoms with Crippen molar-refractivity contribution < 1.29 is 10.3 Å². The summed E-state index contributed by atoms with van der Waals surface area (Å²) in [5.41, 5.74) is 3.07. The van der Waals surface area contributed by atoms with Crippen LogP contribution in [0.3, 0.4) is 0 Å². The summed E-state index contributed by atoms with van der Waals surface area (Å²) in [6.07, 6.45) is 11.2. The van der Waals surface area contributed by atoms with Gasteiger partial charge < -0.3 is 10.3 Å². The second kappa shape index (κ2) is 7.84. The Morgan fingerprint density at radius 3 is 2.33 bits per heavy atom. The average molecular weight is 456 g/mol. The Kier molecular flexibility index (Phi) is 5.67. The molecule has 2 N–H and O–H groups in total. The third-order valence-electron chi connectivity index (χ3n) is 12.8. The highest BCUT2D eigenvalue weighted by molar-refractivity contribution is 6.02. The summed E-state index contributed by atoms with van der Waals surface area (Å²) in [5, 5.41) is 24.1. The van der Waals surface area contributed by atoms with E-state index in [0.29, 0.717) is 22.7 Å². The molecule has 0 spiro atoms. The summed E-state index contributed by atoms with van der Waals surface area (Å²) >= 11 is 0. The number of hydrogen-bond donors (Lipinski definition) is 2. The molecule has 11 atom stereocenters. The first-order valence-corrected chi connectivity index (χ1v) is 14.1. The zero-order chi connectivity index (χ0) is 23.9. The summed E-state index contributed by atoms with van der Waals surface area (Å²) in [7, 11) is 0. The van der Waals surface area contributed by atoms with Gasteiger partial charge >= 0.3 is 0 Å². The lowest BCUT2D eigenvalue weighted by Gasteiger charge is -2.58. The summed E-state index contributed by atoms with van der Waals surface area (Å²) in [6, 6.07) is 0. The molecule has 0 radical (unpaired) electrons. The normalized spacial score (nSPS) is 52.0. The lowest BCUT2D eigenvalue weighted by molar-refractivity contribution is -0.0498. The second-order valence-corrected chi connectivity index (χ2v) is 14.2. The van der Waals surface area contributed by atoms with E-state index in [2.05, 4.69) is 53.6 Å². The standard InChI is InChI=1S/C30H49NO2/c1-17(2)19(4)30(7)16-26(30)18(3)22-8-9-23-21-15-27(31-33)25-14-20(32)10-12-29(25,6)24(21)11-13-28(22,23)5/h14,17-24,26,32-33H,8-13,15-16H2,1-7H3/b31-27+/t18-,19-,20-,21-,22+,23-,24-,26+,28+,29+,30+/m0/s1. The average Bonchev–Trinajstić information content (AvgIpc) is 3.34. The van der Waals surface area contributed by atoms with Gasteiger partial charge in [0.05, 0.1) is 11.8 Å². The molecule has 0 aromatic rings. The van der Waals surface area contributed by atoms with E-state index in [-0.39, 0.29) is 11.5 Å². The summed E-state index contributed by atoms with van der Waals surface area (Å²) < 4.78 is 0.